The zero-order valence-electron chi connectivity index (χ0n) is 13.5. The molecular formula is C19H18ClFN2O2. The first kappa shape index (κ1) is 17.4. The van der Waals surface area contributed by atoms with Gasteiger partial charge in [-0.15, -0.1) is 0 Å². The molecule has 1 fully saturated rings. The number of anilines is 1. The number of nitrogens with one attached hydrogen (secondary N) is 1. The summed E-state index contributed by atoms with van der Waals surface area (Å²) >= 11 is 5.86. The van der Waals surface area contributed by atoms with Crippen LogP contribution in [0.1, 0.15) is 12.0 Å². The molecule has 25 heavy (non-hydrogen) atoms. The molecule has 130 valence electrons. The van der Waals surface area contributed by atoms with Gasteiger partial charge in [0.05, 0.1) is 5.92 Å². The van der Waals surface area contributed by atoms with Gasteiger partial charge in [0.2, 0.25) is 11.8 Å². The van der Waals surface area contributed by atoms with Crippen molar-refractivity contribution >= 4 is 29.1 Å². The number of nitrogens with zero attached hydrogens (tertiary/aromatic N) is 1. The van der Waals surface area contributed by atoms with Crippen molar-refractivity contribution in [1.82, 2.24) is 5.32 Å². The second-order valence-electron chi connectivity index (χ2n) is 6.01. The molecule has 0 radical (unpaired) electrons. The molecule has 3 rings (SSSR count). The minimum Gasteiger partial charge on any atom is -0.355 e. The van der Waals surface area contributed by atoms with Crippen molar-refractivity contribution in [3.8, 4) is 0 Å². The topological polar surface area (TPSA) is 49.4 Å². The summed E-state index contributed by atoms with van der Waals surface area (Å²) in [5, 5.41) is 3.39. The zero-order chi connectivity index (χ0) is 17.8. The smallest absolute Gasteiger partial charge is 0.227 e. The molecule has 1 unspecified atom stereocenters. The Balaban J connectivity index is 1.54. The van der Waals surface area contributed by atoms with Crippen molar-refractivity contribution in [2.75, 3.05) is 18.0 Å². The summed E-state index contributed by atoms with van der Waals surface area (Å²) in [4.78, 5) is 26.1. The Kier molecular flexibility index (Phi) is 5.34. The van der Waals surface area contributed by atoms with E-state index in [1.807, 2.05) is 0 Å². The van der Waals surface area contributed by atoms with Gasteiger partial charge >= 0.3 is 0 Å². The molecule has 1 heterocycles. The Hall–Kier alpha value is -2.40. The van der Waals surface area contributed by atoms with E-state index in [1.54, 1.807) is 47.4 Å². The van der Waals surface area contributed by atoms with Gasteiger partial charge in [-0.05, 0) is 42.3 Å². The van der Waals surface area contributed by atoms with E-state index >= 15 is 0 Å². The maximum absolute atomic E-state index is 13.6. The molecule has 1 atom stereocenters. The molecule has 1 N–H and O–H groups in total. The van der Waals surface area contributed by atoms with Gasteiger partial charge in [0.25, 0.3) is 0 Å². The van der Waals surface area contributed by atoms with Crippen LogP contribution in [-0.4, -0.2) is 24.9 Å². The van der Waals surface area contributed by atoms with Crippen LogP contribution < -0.4 is 10.2 Å². The first-order valence-electron chi connectivity index (χ1n) is 8.11. The Morgan fingerprint density at radius 2 is 1.92 bits per heavy atom. The van der Waals surface area contributed by atoms with E-state index in [9.17, 15) is 14.0 Å². The summed E-state index contributed by atoms with van der Waals surface area (Å²) in [5.41, 5.74) is 1.30. The number of carbonyl (C=O) groups excluding carboxylic acids is 2. The molecule has 2 aromatic carbocycles. The standard InChI is InChI=1S/C19H18ClFN2O2/c20-15-5-7-16(8-6-15)23-12-14(11-18(23)24)19(25)22-10-9-13-3-1-2-4-17(13)21/h1-8,14H,9-12H2,(H,22,25). The van der Waals surface area contributed by atoms with E-state index in [0.717, 1.165) is 5.69 Å². The van der Waals surface area contributed by atoms with Gasteiger partial charge in [-0.2, -0.15) is 0 Å². The molecule has 1 aliphatic rings. The number of carbonyl (C=O) groups is 2. The molecule has 0 saturated carbocycles. The van der Waals surface area contributed by atoms with Crippen molar-refractivity contribution < 1.29 is 14.0 Å². The van der Waals surface area contributed by atoms with Crippen molar-refractivity contribution in [2.24, 2.45) is 5.92 Å². The summed E-state index contributed by atoms with van der Waals surface area (Å²) in [6, 6.07) is 13.4. The molecule has 0 aliphatic carbocycles. The lowest BCUT2D eigenvalue weighted by Crippen LogP contribution is -2.34. The van der Waals surface area contributed by atoms with Crippen molar-refractivity contribution in [1.29, 1.82) is 0 Å². The number of benzene rings is 2. The van der Waals surface area contributed by atoms with Crippen LogP contribution in [0.4, 0.5) is 10.1 Å². The van der Waals surface area contributed by atoms with Gasteiger partial charge in [0.15, 0.2) is 0 Å². The number of hydrogen-bond donors (Lipinski definition) is 1. The molecule has 2 aromatic rings. The number of rotatable bonds is 5. The van der Waals surface area contributed by atoms with Crippen LogP contribution in [0.5, 0.6) is 0 Å². The van der Waals surface area contributed by atoms with Gasteiger partial charge in [-0.1, -0.05) is 29.8 Å². The van der Waals surface area contributed by atoms with Crippen molar-refractivity contribution in [3.63, 3.8) is 0 Å². The predicted octanol–water partition coefficient (Wildman–Crippen LogP) is 3.19. The Morgan fingerprint density at radius 3 is 2.64 bits per heavy atom. The summed E-state index contributed by atoms with van der Waals surface area (Å²) in [5.74, 6) is -0.941. The van der Waals surface area contributed by atoms with Crippen molar-refractivity contribution in [2.45, 2.75) is 12.8 Å². The van der Waals surface area contributed by atoms with E-state index in [4.69, 9.17) is 11.6 Å². The largest absolute Gasteiger partial charge is 0.355 e. The molecule has 0 bridgehead atoms. The van der Waals surface area contributed by atoms with Gasteiger partial charge in [0, 0.05) is 30.2 Å². The minimum absolute atomic E-state index is 0.0865. The molecule has 6 heteroatoms. The quantitative estimate of drug-likeness (QED) is 0.890. The van der Waals surface area contributed by atoms with Crippen LogP contribution in [0.25, 0.3) is 0 Å². The Bertz CT molecular complexity index is 779. The first-order chi connectivity index (χ1) is 12.0. The molecular weight excluding hydrogens is 343 g/mol. The average Bonchev–Trinajstić information content (AvgIpc) is 2.99. The molecule has 0 spiro atoms. The lowest BCUT2D eigenvalue weighted by atomic mass is 10.1. The van der Waals surface area contributed by atoms with E-state index in [-0.39, 0.29) is 24.1 Å². The van der Waals surface area contributed by atoms with Crippen LogP contribution >= 0.6 is 11.6 Å². The van der Waals surface area contributed by atoms with Crippen LogP contribution in [-0.2, 0) is 16.0 Å². The molecule has 1 aliphatic heterocycles. The summed E-state index contributed by atoms with van der Waals surface area (Å²) in [6.07, 6.45) is 0.591. The highest BCUT2D eigenvalue weighted by molar-refractivity contribution is 6.30. The van der Waals surface area contributed by atoms with E-state index in [2.05, 4.69) is 5.32 Å². The summed E-state index contributed by atoms with van der Waals surface area (Å²) in [7, 11) is 0. The first-order valence-corrected chi connectivity index (χ1v) is 8.49. The van der Waals surface area contributed by atoms with E-state index in [1.165, 1.54) is 6.07 Å². The van der Waals surface area contributed by atoms with Gasteiger partial charge < -0.3 is 10.2 Å². The van der Waals surface area contributed by atoms with Crippen molar-refractivity contribution in [3.05, 3.63) is 64.9 Å². The lowest BCUT2D eigenvalue weighted by Gasteiger charge is -2.16. The van der Waals surface area contributed by atoms with Gasteiger partial charge in [-0.3, -0.25) is 9.59 Å². The zero-order valence-corrected chi connectivity index (χ0v) is 14.3. The van der Waals surface area contributed by atoms with Crippen LogP contribution in [0.2, 0.25) is 5.02 Å². The Labute approximate surface area is 150 Å². The maximum atomic E-state index is 13.6. The molecule has 0 aromatic heterocycles. The highest BCUT2D eigenvalue weighted by Crippen LogP contribution is 2.26. The molecule has 2 amide bonds. The minimum atomic E-state index is -0.399. The molecule has 4 nitrogen and oxygen atoms in total. The normalized spacial score (nSPS) is 17.0. The fraction of sp³-hybridized carbons (Fsp3) is 0.263. The third-order valence-electron chi connectivity index (χ3n) is 4.29. The fourth-order valence-electron chi connectivity index (χ4n) is 2.92. The summed E-state index contributed by atoms with van der Waals surface area (Å²) in [6.45, 7) is 0.678. The molecule has 1 saturated heterocycles. The van der Waals surface area contributed by atoms with E-state index in [0.29, 0.717) is 30.1 Å². The monoisotopic (exact) mass is 360 g/mol. The van der Waals surface area contributed by atoms with Gasteiger partial charge in [-0.25, -0.2) is 4.39 Å². The second kappa shape index (κ2) is 7.66. The van der Waals surface area contributed by atoms with Crippen LogP contribution in [0, 0.1) is 11.7 Å². The van der Waals surface area contributed by atoms with Gasteiger partial charge in [0.1, 0.15) is 5.82 Å². The van der Waals surface area contributed by atoms with Crippen LogP contribution in [0.3, 0.4) is 0 Å². The third kappa shape index (κ3) is 4.17. The average molecular weight is 361 g/mol. The SMILES string of the molecule is O=C(NCCc1ccccc1F)C1CC(=O)N(c2ccc(Cl)cc2)C1. The summed E-state index contributed by atoms with van der Waals surface area (Å²) < 4.78 is 13.6. The lowest BCUT2D eigenvalue weighted by molar-refractivity contribution is -0.126. The number of amides is 2. The van der Waals surface area contributed by atoms with Crippen LogP contribution in [0.15, 0.2) is 48.5 Å². The third-order valence-corrected chi connectivity index (χ3v) is 4.54. The highest BCUT2D eigenvalue weighted by Gasteiger charge is 2.34. The second-order valence-corrected chi connectivity index (χ2v) is 6.45. The highest BCUT2D eigenvalue weighted by atomic mass is 35.5. The predicted molar refractivity (Wildman–Crippen MR) is 95.0 cm³/mol. The fourth-order valence-corrected chi connectivity index (χ4v) is 3.05. The van der Waals surface area contributed by atoms with E-state index < -0.39 is 5.92 Å². The Morgan fingerprint density at radius 1 is 1.20 bits per heavy atom. The number of halogens is 2. The maximum Gasteiger partial charge on any atom is 0.227 e. The number of hydrogen-bond acceptors (Lipinski definition) is 2.